The van der Waals surface area contributed by atoms with E-state index in [1.807, 2.05) is 5.32 Å². The Morgan fingerprint density at radius 2 is 1.77 bits per heavy atom. The van der Waals surface area contributed by atoms with Crippen LogP contribution >= 0.6 is 0 Å². The fourth-order valence-corrected chi connectivity index (χ4v) is 2.85. The van der Waals surface area contributed by atoms with E-state index in [1.54, 1.807) is 12.1 Å². The number of urea groups is 1. The number of benzene rings is 2. The number of nitro groups is 1. The number of imide groups is 2. The van der Waals surface area contributed by atoms with Gasteiger partial charge in [-0.05, 0) is 29.8 Å². The van der Waals surface area contributed by atoms with Gasteiger partial charge in [0.25, 0.3) is 11.8 Å². The average Bonchev–Trinajstić information content (AvgIpc) is 2.72. The number of para-hydroxylation sites is 2. The maximum atomic E-state index is 13.0. The van der Waals surface area contributed by atoms with E-state index >= 15 is 0 Å². The summed E-state index contributed by atoms with van der Waals surface area (Å²) in [5.74, 6) is -2.64. The second-order valence-electron chi connectivity index (χ2n) is 5.98. The maximum Gasteiger partial charge on any atom is 0.336 e. The number of carbonyl (C=O) groups is 3. The van der Waals surface area contributed by atoms with Crippen molar-refractivity contribution in [1.29, 1.82) is 0 Å². The van der Waals surface area contributed by atoms with Crippen LogP contribution in [-0.2, 0) is 9.59 Å². The van der Waals surface area contributed by atoms with Gasteiger partial charge in [0, 0.05) is 6.07 Å². The van der Waals surface area contributed by atoms with Crippen LogP contribution in [0.15, 0.2) is 42.0 Å². The molecular formula is C19H15N3O8. The zero-order valence-electron chi connectivity index (χ0n) is 15.7. The molecule has 2 aromatic carbocycles. The molecule has 0 aromatic heterocycles. The quantitative estimate of drug-likeness (QED) is 0.327. The van der Waals surface area contributed by atoms with Crippen molar-refractivity contribution in [3.63, 3.8) is 0 Å². The third-order valence-corrected chi connectivity index (χ3v) is 4.23. The number of phenols is 1. The van der Waals surface area contributed by atoms with Crippen molar-refractivity contribution < 1.29 is 33.9 Å². The minimum absolute atomic E-state index is 0.0316. The van der Waals surface area contributed by atoms with Crippen LogP contribution in [0.5, 0.6) is 17.2 Å². The Kier molecular flexibility index (Phi) is 5.36. The van der Waals surface area contributed by atoms with Gasteiger partial charge in [0.05, 0.1) is 24.8 Å². The number of hydrogen-bond donors (Lipinski definition) is 2. The van der Waals surface area contributed by atoms with E-state index < -0.39 is 39.8 Å². The van der Waals surface area contributed by atoms with Gasteiger partial charge in [-0.15, -0.1) is 0 Å². The second-order valence-corrected chi connectivity index (χ2v) is 5.98. The first-order valence-corrected chi connectivity index (χ1v) is 8.38. The molecule has 0 spiro atoms. The fourth-order valence-electron chi connectivity index (χ4n) is 2.85. The first kappa shape index (κ1) is 20.3. The standard InChI is InChI=1S/C19H15N3O8/c1-29-14-6-4-3-5-12(14)21-18(25)11(17(24)20-19(21)26)7-10-8-13(22(27)28)16(23)15(9-10)30-2/h3-9,23H,1-2H3,(H,20,24,26). The fraction of sp³-hybridized carbons (Fsp3) is 0.105. The lowest BCUT2D eigenvalue weighted by molar-refractivity contribution is -0.386. The topological polar surface area (TPSA) is 148 Å². The minimum atomic E-state index is -0.981. The van der Waals surface area contributed by atoms with Gasteiger partial charge in [0.1, 0.15) is 11.3 Å². The lowest BCUT2D eigenvalue weighted by atomic mass is 10.1. The molecule has 1 aliphatic heterocycles. The van der Waals surface area contributed by atoms with Gasteiger partial charge < -0.3 is 14.6 Å². The molecule has 0 saturated carbocycles. The first-order chi connectivity index (χ1) is 14.3. The maximum absolute atomic E-state index is 13.0. The molecule has 0 radical (unpaired) electrons. The van der Waals surface area contributed by atoms with Crippen LogP contribution in [0.4, 0.5) is 16.2 Å². The highest BCUT2D eigenvalue weighted by atomic mass is 16.6. The molecule has 0 aliphatic carbocycles. The number of aromatic hydroxyl groups is 1. The molecule has 11 heteroatoms. The lowest BCUT2D eigenvalue weighted by Crippen LogP contribution is -2.54. The smallest absolute Gasteiger partial charge is 0.336 e. The van der Waals surface area contributed by atoms with E-state index in [4.69, 9.17) is 9.47 Å². The second kappa shape index (κ2) is 7.91. The summed E-state index contributed by atoms with van der Waals surface area (Å²) in [6, 6.07) is 7.41. The van der Waals surface area contributed by atoms with E-state index in [9.17, 15) is 29.6 Å². The zero-order valence-corrected chi connectivity index (χ0v) is 15.7. The number of phenolic OH excluding ortho intramolecular Hbond substituents is 1. The van der Waals surface area contributed by atoms with Crippen molar-refractivity contribution in [3.8, 4) is 17.2 Å². The van der Waals surface area contributed by atoms with Gasteiger partial charge in [0.2, 0.25) is 5.75 Å². The first-order valence-electron chi connectivity index (χ1n) is 8.38. The van der Waals surface area contributed by atoms with Crippen LogP contribution in [-0.4, -0.2) is 42.1 Å². The molecule has 3 rings (SSSR count). The van der Waals surface area contributed by atoms with Gasteiger partial charge in [-0.3, -0.25) is 25.0 Å². The summed E-state index contributed by atoms with van der Waals surface area (Å²) in [6.45, 7) is 0. The monoisotopic (exact) mass is 413 g/mol. The number of carbonyl (C=O) groups excluding carboxylic acids is 3. The number of nitro benzene ring substituents is 1. The number of amides is 4. The molecule has 11 nitrogen and oxygen atoms in total. The minimum Gasteiger partial charge on any atom is -0.500 e. The van der Waals surface area contributed by atoms with Gasteiger partial charge in [-0.2, -0.15) is 0 Å². The SMILES string of the molecule is COc1ccccc1N1C(=O)NC(=O)C(=Cc2cc(OC)c(O)c([N+](=O)[O-])c2)C1=O. The normalized spacial score (nSPS) is 15.2. The molecule has 2 N–H and O–H groups in total. The predicted molar refractivity (Wildman–Crippen MR) is 103 cm³/mol. The highest BCUT2D eigenvalue weighted by Gasteiger charge is 2.38. The molecule has 0 atom stereocenters. The van der Waals surface area contributed by atoms with Gasteiger partial charge in [-0.25, -0.2) is 9.69 Å². The van der Waals surface area contributed by atoms with Crippen molar-refractivity contribution in [3.05, 3.63) is 57.6 Å². The zero-order chi connectivity index (χ0) is 22.0. The Morgan fingerprint density at radius 1 is 1.10 bits per heavy atom. The molecule has 1 fully saturated rings. The van der Waals surface area contributed by atoms with Crippen molar-refractivity contribution in [2.45, 2.75) is 0 Å². The number of hydrogen-bond acceptors (Lipinski definition) is 8. The number of anilines is 1. The number of ether oxygens (including phenoxy) is 2. The summed E-state index contributed by atoms with van der Waals surface area (Å²) in [5, 5.41) is 23.1. The average molecular weight is 413 g/mol. The van der Waals surface area contributed by atoms with E-state index in [0.29, 0.717) is 0 Å². The highest BCUT2D eigenvalue weighted by molar-refractivity contribution is 6.39. The van der Waals surface area contributed by atoms with Crippen LogP contribution in [0, 0.1) is 10.1 Å². The van der Waals surface area contributed by atoms with Crippen molar-refractivity contribution in [2.24, 2.45) is 0 Å². The molecule has 1 aliphatic rings. The molecule has 1 heterocycles. The molecule has 2 aromatic rings. The van der Waals surface area contributed by atoms with Crippen LogP contribution in [0.1, 0.15) is 5.56 Å². The summed E-state index contributed by atoms with van der Waals surface area (Å²) < 4.78 is 10.1. The lowest BCUT2D eigenvalue weighted by Gasteiger charge is -2.27. The Balaban J connectivity index is 2.12. The van der Waals surface area contributed by atoms with Crippen LogP contribution in [0.2, 0.25) is 0 Å². The number of rotatable bonds is 5. The predicted octanol–water partition coefficient (Wildman–Crippen LogP) is 1.98. The summed E-state index contributed by atoms with van der Waals surface area (Å²) in [5.41, 5.74) is -0.996. The number of barbiturate groups is 1. The van der Waals surface area contributed by atoms with Gasteiger partial charge in [0.15, 0.2) is 5.75 Å². The third-order valence-electron chi connectivity index (χ3n) is 4.23. The summed E-state index contributed by atoms with van der Waals surface area (Å²) in [6.07, 6.45) is 1.06. The summed E-state index contributed by atoms with van der Waals surface area (Å²) in [7, 11) is 2.55. The molecule has 0 bridgehead atoms. The Hall–Kier alpha value is -4.41. The molecule has 4 amide bonds. The largest absolute Gasteiger partial charge is 0.500 e. The van der Waals surface area contributed by atoms with E-state index in [0.717, 1.165) is 17.0 Å². The van der Waals surface area contributed by atoms with E-state index in [1.165, 1.54) is 32.4 Å². The Bertz CT molecular complexity index is 1110. The highest BCUT2D eigenvalue weighted by Crippen LogP contribution is 2.38. The number of nitrogens with one attached hydrogen (secondary N) is 1. The van der Waals surface area contributed by atoms with E-state index in [2.05, 4.69) is 0 Å². The molecule has 30 heavy (non-hydrogen) atoms. The van der Waals surface area contributed by atoms with Crippen molar-refractivity contribution in [2.75, 3.05) is 19.1 Å². The Morgan fingerprint density at radius 3 is 2.40 bits per heavy atom. The summed E-state index contributed by atoms with van der Waals surface area (Å²) in [4.78, 5) is 48.6. The third kappa shape index (κ3) is 3.51. The van der Waals surface area contributed by atoms with Gasteiger partial charge >= 0.3 is 11.7 Å². The molecular weight excluding hydrogens is 398 g/mol. The van der Waals surface area contributed by atoms with Crippen LogP contribution in [0.3, 0.4) is 0 Å². The number of methoxy groups -OCH3 is 2. The van der Waals surface area contributed by atoms with Crippen LogP contribution < -0.4 is 19.7 Å². The van der Waals surface area contributed by atoms with Gasteiger partial charge in [-0.1, -0.05) is 12.1 Å². The van der Waals surface area contributed by atoms with E-state index in [-0.39, 0.29) is 22.7 Å². The van der Waals surface area contributed by atoms with Crippen molar-refractivity contribution >= 4 is 35.3 Å². The molecule has 154 valence electrons. The van der Waals surface area contributed by atoms with Crippen LogP contribution in [0.25, 0.3) is 6.08 Å². The Labute approximate surface area is 169 Å². The number of nitrogens with zero attached hydrogens (tertiary/aromatic N) is 2. The summed E-state index contributed by atoms with van der Waals surface area (Å²) >= 11 is 0. The van der Waals surface area contributed by atoms with Crippen molar-refractivity contribution in [1.82, 2.24) is 5.32 Å². The molecule has 0 unspecified atom stereocenters. The molecule has 1 saturated heterocycles.